The summed E-state index contributed by atoms with van der Waals surface area (Å²) >= 11 is 3.25. The molecular weight excluding hydrogens is 416 g/mol. The lowest BCUT2D eigenvalue weighted by Crippen LogP contribution is -3.20. The Labute approximate surface area is 183 Å². The van der Waals surface area contributed by atoms with Gasteiger partial charge in [0.15, 0.2) is 5.13 Å². The molecule has 2 N–H and O–H groups in total. The number of piperidine rings is 3. The molecule has 7 nitrogen and oxygen atoms in total. The summed E-state index contributed by atoms with van der Waals surface area (Å²) in [7, 11) is 0. The number of thioether (sulfide) groups is 1. The van der Waals surface area contributed by atoms with Crippen LogP contribution in [0.5, 0.6) is 0 Å². The van der Waals surface area contributed by atoms with Crippen LogP contribution in [0, 0.1) is 11.8 Å². The highest BCUT2D eigenvalue weighted by Crippen LogP contribution is 2.29. The molecule has 156 valence electrons. The lowest BCUT2D eigenvalue weighted by molar-refractivity contribution is -0.945. The molecule has 2 aromatic heterocycles. The third-order valence-corrected chi connectivity index (χ3v) is 7.91. The minimum Gasteiger partial charge on any atom is -0.330 e. The van der Waals surface area contributed by atoms with Gasteiger partial charge in [-0.25, -0.2) is 9.67 Å². The molecule has 0 aliphatic carbocycles. The molecule has 3 fully saturated rings. The van der Waals surface area contributed by atoms with Crippen LogP contribution in [0.15, 0.2) is 53.0 Å². The Morgan fingerprint density at radius 1 is 1.33 bits per heavy atom. The van der Waals surface area contributed by atoms with E-state index < -0.39 is 0 Å². The Bertz CT molecular complexity index is 977. The molecule has 5 heterocycles. The second kappa shape index (κ2) is 8.87. The third-order valence-electron chi connectivity index (χ3n) is 6.17. The zero-order chi connectivity index (χ0) is 20.3. The number of rotatable bonds is 7. The molecule has 1 aromatic carbocycles. The molecule has 9 heteroatoms. The largest absolute Gasteiger partial charge is 0.330 e. The number of benzene rings is 1. The van der Waals surface area contributed by atoms with E-state index in [-0.39, 0.29) is 11.8 Å². The van der Waals surface area contributed by atoms with Crippen LogP contribution in [0.2, 0.25) is 0 Å². The van der Waals surface area contributed by atoms with Crippen molar-refractivity contribution in [1.82, 2.24) is 20.0 Å². The number of amides is 1. The van der Waals surface area contributed by atoms with Crippen LogP contribution in [0.25, 0.3) is 0 Å². The van der Waals surface area contributed by atoms with E-state index >= 15 is 0 Å². The standard InChI is InChI=1S/C21H24N6OS2/c28-20(23-21-22-7-9-29-21)19-13-26-8-6-15(19)10-17(26)12-27-11-16(24-25-27)14-30-18-4-2-1-3-5-18/h1-5,7,9,11,15,17,19H,6,8,10,12-14H2,(H,22,23,28)/p+1/t15-,17+,19-/m0/s1. The van der Waals surface area contributed by atoms with Crippen LogP contribution in [0.3, 0.4) is 0 Å². The highest BCUT2D eigenvalue weighted by atomic mass is 32.2. The fourth-order valence-electron chi connectivity index (χ4n) is 4.70. The SMILES string of the molecule is O=C(Nc1nccs1)[C@H]1C[NH+]2CC[C@H]1C[C@@H]2Cn1cc(CSc2ccccc2)nn1. The number of fused-ring (bicyclic) bond motifs is 3. The minimum atomic E-state index is 0.0856. The lowest BCUT2D eigenvalue weighted by Gasteiger charge is -2.46. The van der Waals surface area contributed by atoms with E-state index in [1.54, 1.807) is 18.0 Å². The van der Waals surface area contributed by atoms with Crippen LogP contribution in [-0.4, -0.2) is 45.0 Å². The molecule has 2 bridgehead atoms. The number of carbonyl (C=O) groups is 1. The number of aromatic nitrogens is 4. The molecule has 30 heavy (non-hydrogen) atoms. The Kier molecular flexibility index (Phi) is 5.83. The zero-order valence-corrected chi connectivity index (χ0v) is 18.2. The highest BCUT2D eigenvalue weighted by Gasteiger charge is 2.46. The van der Waals surface area contributed by atoms with E-state index in [1.165, 1.54) is 21.1 Å². The van der Waals surface area contributed by atoms with Gasteiger partial charge in [0.1, 0.15) is 6.04 Å². The van der Waals surface area contributed by atoms with Crippen molar-refractivity contribution < 1.29 is 9.69 Å². The number of nitrogens with zero attached hydrogens (tertiary/aromatic N) is 4. The zero-order valence-electron chi connectivity index (χ0n) is 16.6. The van der Waals surface area contributed by atoms with Crippen molar-refractivity contribution in [2.24, 2.45) is 11.8 Å². The predicted octanol–water partition coefficient (Wildman–Crippen LogP) is 1.96. The Balaban J connectivity index is 1.16. The van der Waals surface area contributed by atoms with E-state index in [4.69, 9.17) is 0 Å². The summed E-state index contributed by atoms with van der Waals surface area (Å²) < 4.78 is 1.99. The number of carbonyl (C=O) groups excluding carboxylic acids is 1. The average molecular weight is 442 g/mol. The molecule has 3 saturated heterocycles. The van der Waals surface area contributed by atoms with Gasteiger partial charge >= 0.3 is 0 Å². The number of anilines is 1. The summed E-state index contributed by atoms with van der Waals surface area (Å²) in [5.74, 6) is 1.49. The molecule has 0 spiro atoms. The minimum absolute atomic E-state index is 0.0856. The second-order valence-corrected chi connectivity index (χ2v) is 10.0. The molecule has 3 aliphatic rings. The normalized spacial score (nSPS) is 25.3. The maximum absolute atomic E-state index is 12.7. The Morgan fingerprint density at radius 3 is 3.00 bits per heavy atom. The molecule has 3 aliphatic heterocycles. The quantitative estimate of drug-likeness (QED) is 0.548. The maximum atomic E-state index is 12.7. The Hall–Kier alpha value is -2.23. The van der Waals surface area contributed by atoms with Crippen molar-refractivity contribution in [3.8, 4) is 0 Å². The predicted molar refractivity (Wildman–Crippen MR) is 117 cm³/mol. The number of thiazole rings is 1. The van der Waals surface area contributed by atoms with E-state index in [9.17, 15) is 4.79 Å². The number of quaternary nitrogens is 1. The number of hydrogen-bond donors (Lipinski definition) is 2. The van der Waals surface area contributed by atoms with Crippen LogP contribution < -0.4 is 10.2 Å². The molecule has 1 unspecified atom stereocenters. The van der Waals surface area contributed by atoms with Crippen molar-refractivity contribution in [1.29, 1.82) is 0 Å². The van der Waals surface area contributed by atoms with Gasteiger partial charge in [-0.3, -0.25) is 4.79 Å². The van der Waals surface area contributed by atoms with Crippen LogP contribution in [-0.2, 0) is 17.1 Å². The molecule has 1 amide bonds. The van der Waals surface area contributed by atoms with Gasteiger partial charge < -0.3 is 10.2 Å². The van der Waals surface area contributed by atoms with Crippen molar-refractivity contribution in [3.63, 3.8) is 0 Å². The maximum Gasteiger partial charge on any atom is 0.235 e. The van der Waals surface area contributed by atoms with Gasteiger partial charge in [0.2, 0.25) is 5.91 Å². The molecule has 6 rings (SSSR count). The van der Waals surface area contributed by atoms with E-state index in [1.807, 2.05) is 16.1 Å². The molecule has 0 radical (unpaired) electrons. The van der Waals surface area contributed by atoms with Gasteiger partial charge in [0.05, 0.1) is 31.2 Å². The summed E-state index contributed by atoms with van der Waals surface area (Å²) in [6.45, 7) is 2.91. The second-order valence-electron chi connectivity index (χ2n) is 8.06. The van der Waals surface area contributed by atoms with Gasteiger partial charge in [-0.2, -0.15) is 0 Å². The topological polar surface area (TPSA) is 77.1 Å². The highest BCUT2D eigenvalue weighted by molar-refractivity contribution is 7.98. The first-order valence-corrected chi connectivity index (χ1v) is 12.2. The molecule has 4 atom stereocenters. The van der Waals surface area contributed by atoms with Crippen molar-refractivity contribution in [2.75, 3.05) is 18.4 Å². The van der Waals surface area contributed by atoms with Gasteiger partial charge in [-0.15, -0.1) is 28.2 Å². The van der Waals surface area contributed by atoms with Crippen molar-refractivity contribution in [3.05, 3.63) is 53.8 Å². The van der Waals surface area contributed by atoms with Crippen LogP contribution in [0.4, 0.5) is 5.13 Å². The number of hydrogen-bond acceptors (Lipinski definition) is 6. The summed E-state index contributed by atoms with van der Waals surface area (Å²) in [4.78, 5) is 19.7. The number of nitrogens with one attached hydrogen (secondary N) is 2. The van der Waals surface area contributed by atoms with Crippen LogP contribution >= 0.6 is 23.1 Å². The first-order chi connectivity index (χ1) is 14.7. The summed E-state index contributed by atoms with van der Waals surface area (Å²) in [5, 5.41) is 14.3. The van der Waals surface area contributed by atoms with Crippen LogP contribution in [0.1, 0.15) is 18.5 Å². The average Bonchev–Trinajstić information content (AvgIpc) is 3.45. The van der Waals surface area contributed by atoms with E-state index in [2.05, 4.69) is 51.1 Å². The third kappa shape index (κ3) is 4.43. The first-order valence-electron chi connectivity index (χ1n) is 10.4. The van der Waals surface area contributed by atoms with E-state index in [0.717, 1.165) is 43.9 Å². The van der Waals surface area contributed by atoms with E-state index in [0.29, 0.717) is 17.1 Å². The van der Waals surface area contributed by atoms with Gasteiger partial charge in [-0.05, 0) is 18.1 Å². The van der Waals surface area contributed by atoms with Crippen molar-refractivity contribution >= 4 is 34.1 Å². The van der Waals surface area contributed by atoms with Gasteiger partial charge in [-0.1, -0.05) is 23.4 Å². The fourth-order valence-corrected chi connectivity index (χ4v) is 6.02. The fraction of sp³-hybridized carbons (Fsp3) is 0.429. The monoisotopic (exact) mass is 441 g/mol. The lowest BCUT2D eigenvalue weighted by atomic mass is 9.75. The summed E-state index contributed by atoms with van der Waals surface area (Å²) in [6, 6.07) is 10.9. The van der Waals surface area contributed by atoms with Crippen molar-refractivity contribution in [2.45, 2.75) is 36.1 Å². The molecule has 0 saturated carbocycles. The smallest absolute Gasteiger partial charge is 0.235 e. The molecule has 3 aromatic rings. The summed E-state index contributed by atoms with van der Waals surface area (Å²) in [5.41, 5.74) is 1.01. The summed E-state index contributed by atoms with van der Waals surface area (Å²) in [6.07, 6.45) is 5.99. The molecular formula is C21H25N6OS2+. The first kappa shape index (κ1) is 19.7. The van der Waals surface area contributed by atoms with Gasteiger partial charge in [0.25, 0.3) is 0 Å². The van der Waals surface area contributed by atoms with Gasteiger partial charge in [0, 0.05) is 41.3 Å². The Morgan fingerprint density at radius 2 is 2.23 bits per heavy atom.